The number of amides is 2. The van der Waals surface area contributed by atoms with Crippen molar-refractivity contribution in [1.29, 1.82) is 0 Å². The van der Waals surface area contributed by atoms with Crippen LogP contribution in [0.1, 0.15) is 50.7 Å². The molecule has 32 heavy (non-hydrogen) atoms. The number of aliphatic carboxylic acids is 1. The highest BCUT2D eigenvalue weighted by Crippen LogP contribution is 2.44. The van der Waals surface area contributed by atoms with E-state index in [9.17, 15) is 14.4 Å². The van der Waals surface area contributed by atoms with Crippen LogP contribution in [-0.2, 0) is 14.3 Å². The minimum atomic E-state index is -0.985. The number of carbonyl (C=O) groups is 3. The van der Waals surface area contributed by atoms with Gasteiger partial charge in [-0.2, -0.15) is 0 Å². The lowest BCUT2D eigenvalue weighted by atomic mass is 9.98. The van der Waals surface area contributed by atoms with Crippen LogP contribution in [0.25, 0.3) is 11.1 Å². The van der Waals surface area contributed by atoms with Gasteiger partial charge in [0, 0.05) is 12.0 Å². The summed E-state index contributed by atoms with van der Waals surface area (Å²) < 4.78 is 5.51. The number of carbonyl (C=O) groups excluding carboxylic acids is 2. The number of hydrogen-bond donors (Lipinski definition) is 3. The van der Waals surface area contributed by atoms with Crippen LogP contribution in [-0.4, -0.2) is 41.8 Å². The summed E-state index contributed by atoms with van der Waals surface area (Å²) >= 11 is 0. The number of alkyl carbamates (subject to hydrolysis) is 1. The number of nitrogens with one attached hydrogen (secondary N) is 2. The lowest BCUT2D eigenvalue weighted by Gasteiger charge is -2.24. The van der Waals surface area contributed by atoms with Crippen molar-refractivity contribution < 1.29 is 24.2 Å². The number of fused-ring (bicyclic) bond motifs is 3. The topological polar surface area (TPSA) is 105 Å². The quantitative estimate of drug-likeness (QED) is 0.550. The van der Waals surface area contributed by atoms with Crippen LogP contribution < -0.4 is 10.6 Å². The maximum absolute atomic E-state index is 12.6. The van der Waals surface area contributed by atoms with E-state index in [1.807, 2.05) is 50.2 Å². The summed E-state index contributed by atoms with van der Waals surface area (Å²) in [6, 6.07) is 14.8. The SMILES string of the molecule is CC[C@H](NC(=O)OCC1c2ccccc2-c2ccccc21)C(=O)N[C@H](CC(=O)O)C(C)C. The summed E-state index contributed by atoms with van der Waals surface area (Å²) in [6.07, 6.45) is -0.494. The van der Waals surface area contributed by atoms with Gasteiger partial charge < -0.3 is 20.5 Å². The van der Waals surface area contributed by atoms with Crippen molar-refractivity contribution in [2.45, 2.75) is 51.6 Å². The van der Waals surface area contributed by atoms with Gasteiger partial charge in [0.25, 0.3) is 0 Å². The Kier molecular flexibility index (Phi) is 7.51. The van der Waals surface area contributed by atoms with Crippen LogP contribution in [0.3, 0.4) is 0 Å². The molecule has 2 atom stereocenters. The molecule has 0 bridgehead atoms. The van der Waals surface area contributed by atoms with E-state index >= 15 is 0 Å². The molecule has 1 aliphatic rings. The maximum atomic E-state index is 12.6. The molecule has 2 aromatic rings. The van der Waals surface area contributed by atoms with Crippen molar-refractivity contribution in [2.75, 3.05) is 6.61 Å². The number of ether oxygens (including phenoxy) is 1. The average Bonchev–Trinajstić information content (AvgIpc) is 3.09. The molecule has 1 aliphatic carbocycles. The van der Waals surface area contributed by atoms with E-state index in [-0.39, 0.29) is 24.9 Å². The Morgan fingerprint density at radius 1 is 0.969 bits per heavy atom. The van der Waals surface area contributed by atoms with Gasteiger partial charge in [0.1, 0.15) is 12.6 Å². The maximum Gasteiger partial charge on any atom is 0.407 e. The van der Waals surface area contributed by atoms with Crippen LogP contribution in [0.15, 0.2) is 48.5 Å². The number of carboxylic acid groups (broad SMARTS) is 1. The lowest BCUT2D eigenvalue weighted by Crippen LogP contribution is -2.51. The second-order valence-corrected chi connectivity index (χ2v) is 8.39. The zero-order chi connectivity index (χ0) is 23.3. The van der Waals surface area contributed by atoms with E-state index in [2.05, 4.69) is 22.8 Å². The first kappa shape index (κ1) is 23.3. The largest absolute Gasteiger partial charge is 0.481 e. The van der Waals surface area contributed by atoms with E-state index in [0.717, 1.165) is 22.3 Å². The van der Waals surface area contributed by atoms with E-state index in [1.165, 1.54) is 0 Å². The third kappa shape index (κ3) is 5.28. The van der Waals surface area contributed by atoms with E-state index in [1.54, 1.807) is 6.92 Å². The van der Waals surface area contributed by atoms with Crippen LogP contribution in [0.2, 0.25) is 0 Å². The molecule has 7 nitrogen and oxygen atoms in total. The first-order valence-electron chi connectivity index (χ1n) is 11.0. The fraction of sp³-hybridized carbons (Fsp3) is 0.400. The number of benzene rings is 2. The molecular weight excluding hydrogens is 408 g/mol. The first-order valence-corrected chi connectivity index (χ1v) is 11.0. The lowest BCUT2D eigenvalue weighted by molar-refractivity contribution is -0.138. The Hall–Kier alpha value is -3.35. The van der Waals surface area contributed by atoms with Crippen LogP contribution in [0.4, 0.5) is 4.79 Å². The molecule has 170 valence electrons. The van der Waals surface area contributed by atoms with Crippen molar-refractivity contribution >= 4 is 18.0 Å². The zero-order valence-corrected chi connectivity index (χ0v) is 18.6. The molecule has 7 heteroatoms. The zero-order valence-electron chi connectivity index (χ0n) is 18.6. The van der Waals surface area contributed by atoms with Crippen molar-refractivity contribution in [3.63, 3.8) is 0 Å². The smallest absolute Gasteiger partial charge is 0.407 e. The minimum Gasteiger partial charge on any atom is -0.481 e. The fourth-order valence-corrected chi connectivity index (χ4v) is 4.06. The van der Waals surface area contributed by atoms with Crippen molar-refractivity contribution in [2.24, 2.45) is 5.92 Å². The Balaban J connectivity index is 1.61. The van der Waals surface area contributed by atoms with Crippen LogP contribution in [0.5, 0.6) is 0 Å². The van der Waals surface area contributed by atoms with Gasteiger partial charge in [0.15, 0.2) is 0 Å². The highest BCUT2D eigenvalue weighted by molar-refractivity contribution is 5.86. The third-order valence-electron chi connectivity index (χ3n) is 5.89. The molecule has 0 aliphatic heterocycles. The van der Waals surface area contributed by atoms with Crippen molar-refractivity contribution in [3.8, 4) is 11.1 Å². The summed E-state index contributed by atoms with van der Waals surface area (Å²) in [5, 5.41) is 14.4. The molecule has 3 rings (SSSR count). The van der Waals surface area contributed by atoms with Gasteiger partial charge in [0.2, 0.25) is 5.91 Å². The third-order valence-corrected chi connectivity index (χ3v) is 5.89. The second kappa shape index (κ2) is 10.3. The Bertz CT molecular complexity index is 942. The standard InChI is InChI=1S/C25H30N2O5/c1-4-21(24(30)26-22(15(2)3)13-23(28)29)27-25(31)32-14-20-18-11-7-5-9-16(18)17-10-6-8-12-19(17)20/h5-12,15,20-22H,4,13-14H2,1-3H3,(H,26,30)(H,27,31)(H,28,29)/t21-,22+/m0/s1. The monoisotopic (exact) mass is 438 g/mol. The van der Waals surface area contributed by atoms with Gasteiger partial charge >= 0.3 is 12.1 Å². The Morgan fingerprint density at radius 2 is 1.53 bits per heavy atom. The summed E-state index contributed by atoms with van der Waals surface area (Å²) in [5.74, 6) is -1.52. The second-order valence-electron chi connectivity index (χ2n) is 8.39. The minimum absolute atomic E-state index is 0.0537. The molecule has 0 radical (unpaired) electrons. The van der Waals surface area contributed by atoms with E-state index in [4.69, 9.17) is 9.84 Å². The number of hydrogen-bond acceptors (Lipinski definition) is 4. The molecule has 0 saturated carbocycles. The van der Waals surface area contributed by atoms with Gasteiger partial charge in [-0.1, -0.05) is 69.3 Å². The molecule has 0 spiro atoms. The predicted molar refractivity (Wildman–Crippen MR) is 121 cm³/mol. The van der Waals surface area contributed by atoms with Crippen LogP contribution in [0, 0.1) is 5.92 Å². The number of rotatable bonds is 9. The summed E-state index contributed by atoms with van der Waals surface area (Å²) in [5.41, 5.74) is 4.50. The van der Waals surface area contributed by atoms with Gasteiger partial charge in [-0.05, 0) is 34.6 Å². The van der Waals surface area contributed by atoms with Gasteiger partial charge in [0.05, 0.1) is 6.42 Å². The Labute approximate surface area is 188 Å². The summed E-state index contributed by atoms with van der Waals surface area (Å²) in [6.45, 7) is 5.61. The molecule has 2 aromatic carbocycles. The molecule has 0 saturated heterocycles. The van der Waals surface area contributed by atoms with Crippen LogP contribution >= 0.6 is 0 Å². The average molecular weight is 439 g/mol. The fourth-order valence-electron chi connectivity index (χ4n) is 4.06. The van der Waals surface area contributed by atoms with Crippen molar-refractivity contribution in [1.82, 2.24) is 10.6 Å². The number of carboxylic acids is 1. The molecule has 2 amide bonds. The summed E-state index contributed by atoms with van der Waals surface area (Å²) in [7, 11) is 0. The van der Waals surface area contributed by atoms with E-state index in [0.29, 0.717) is 6.42 Å². The summed E-state index contributed by atoms with van der Waals surface area (Å²) in [4.78, 5) is 36.2. The van der Waals surface area contributed by atoms with Gasteiger partial charge in [-0.3, -0.25) is 9.59 Å². The molecule has 0 unspecified atom stereocenters. The molecule has 0 fully saturated rings. The Morgan fingerprint density at radius 3 is 2.03 bits per heavy atom. The molecule has 0 heterocycles. The van der Waals surface area contributed by atoms with Gasteiger partial charge in [-0.25, -0.2) is 4.79 Å². The van der Waals surface area contributed by atoms with Crippen molar-refractivity contribution in [3.05, 3.63) is 59.7 Å². The normalized spacial score (nSPS) is 14.2. The predicted octanol–water partition coefficient (Wildman–Crippen LogP) is 3.92. The highest BCUT2D eigenvalue weighted by atomic mass is 16.5. The molecular formula is C25H30N2O5. The highest BCUT2D eigenvalue weighted by Gasteiger charge is 2.30. The first-order chi connectivity index (χ1) is 15.3. The molecule has 0 aromatic heterocycles. The van der Waals surface area contributed by atoms with Gasteiger partial charge in [-0.15, -0.1) is 0 Å². The molecule has 3 N–H and O–H groups in total. The van der Waals surface area contributed by atoms with E-state index < -0.39 is 30.1 Å².